The third-order valence-electron chi connectivity index (χ3n) is 15.0. The summed E-state index contributed by atoms with van der Waals surface area (Å²) in [5.74, 6) is -3.46. The number of aryl methyl sites for hydroxylation is 1. The van der Waals surface area contributed by atoms with Crippen molar-refractivity contribution in [2.45, 2.75) is 109 Å². The van der Waals surface area contributed by atoms with Gasteiger partial charge in [-0.15, -0.1) is 11.3 Å². The van der Waals surface area contributed by atoms with E-state index in [1.807, 2.05) is 81.4 Å². The molecule has 15 nitrogen and oxygen atoms in total. The number of fused-ring (bicyclic) bond motifs is 1. The minimum Gasteiger partial charge on any atom is -0.391 e. The lowest BCUT2D eigenvalue weighted by Gasteiger charge is -2.40. The highest BCUT2D eigenvalue weighted by Crippen LogP contribution is 2.58. The number of rotatable bonds is 12. The zero-order valence-electron chi connectivity index (χ0n) is 39.6. The number of hydrogen-bond donors (Lipinski definition) is 4. The summed E-state index contributed by atoms with van der Waals surface area (Å²) < 4.78 is 28.7. The third-order valence-corrected chi connectivity index (χ3v) is 16.0. The standard InChI is InChI=1S/C51H60F2N10O5S/c1-28(31-6-8-33(9-7-31)44-29(2)56-27-69-44)57-46(65)39-23-36(64)25-63(39)49(68)45(50(3,4)5)60-47(66)43-35-19-37(43)38(20-35)48(67)61-15-11-32(12-16-61)34-21-41(58-40-18-30(24-54)10-14-55-40)59-42(22-34)62-17-13-51(52,53)26-62/h6-10,14,18,21-22,27-28,32,35-39,43,45,64H,11-13,15-17,19-20,23,25-26H2,1-5H3,(H,57,65)(H,60,66)(H,55,58,59)/t28-,35?,36+,37?,38?,39-,43?,45+/m0/s1. The van der Waals surface area contributed by atoms with Gasteiger partial charge in [-0.1, -0.05) is 45.0 Å². The molecule has 1 aromatic carbocycles. The van der Waals surface area contributed by atoms with Crippen molar-refractivity contribution in [3.05, 3.63) is 82.6 Å². The average molecular weight is 963 g/mol. The Hall–Kier alpha value is -6.06. The van der Waals surface area contributed by atoms with Crippen molar-refractivity contribution in [2.75, 3.05) is 42.9 Å². The minimum absolute atomic E-state index is 0.00775. The highest BCUT2D eigenvalue weighted by molar-refractivity contribution is 7.13. The molecule has 4 aromatic rings. The largest absolute Gasteiger partial charge is 0.391 e. The molecule has 364 valence electrons. The molecule has 0 spiro atoms. The number of thiazole rings is 1. The van der Waals surface area contributed by atoms with Gasteiger partial charge in [-0.05, 0) is 104 Å². The number of halogens is 2. The SMILES string of the molecule is Cc1ncsc1-c1ccc([C@H](C)NC(=O)[C@@H]2C[C@@H](O)CN2C(=O)[C@@H](NC(=O)C2C3CC(C(=O)N4CCC(c5cc(Nc6cc(C#N)ccn6)nc(N6CCC(F)(F)C6)c5)CC4)C2C3)C(C)(C)C)cc1. The summed E-state index contributed by atoms with van der Waals surface area (Å²) in [6, 6.07) is 14.7. The Labute approximate surface area is 405 Å². The van der Waals surface area contributed by atoms with E-state index >= 15 is 0 Å². The quantitative estimate of drug-likeness (QED) is 0.118. The molecule has 0 radical (unpaired) electrons. The number of anilines is 3. The van der Waals surface area contributed by atoms with Crippen molar-refractivity contribution in [3.8, 4) is 16.5 Å². The zero-order chi connectivity index (χ0) is 48.9. The van der Waals surface area contributed by atoms with Crippen LogP contribution in [0.25, 0.3) is 10.4 Å². The fraction of sp³-hybridized carbons (Fsp3) is 0.529. The molecule has 4 amide bonds. The van der Waals surface area contributed by atoms with Crippen LogP contribution in [0.3, 0.4) is 0 Å². The number of hydrogen-bond acceptors (Lipinski definition) is 12. The number of aliphatic hydroxyl groups is 1. The second-order valence-electron chi connectivity index (χ2n) is 20.8. The number of pyridine rings is 2. The number of amides is 4. The lowest BCUT2D eigenvalue weighted by molar-refractivity contribution is -0.146. The van der Waals surface area contributed by atoms with E-state index in [4.69, 9.17) is 0 Å². The second-order valence-corrected chi connectivity index (χ2v) is 21.6. The number of alkyl halides is 2. The third kappa shape index (κ3) is 10.0. The van der Waals surface area contributed by atoms with Crippen molar-refractivity contribution in [3.63, 3.8) is 0 Å². The number of β-amino-alcohol motifs (C(OH)–C–C–N with tert-alkyl or cyclic N) is 1. The summed E-state index contributed by atoms with van der Waals surface area (Å²) in [7, 11) is 0. The van der Waals surface area contributed by atoms with Gasteiger partial charge in [0, 0.05) is 57.1 Å². The maximum atomic E-state index is 14.5. The molecule has 2 bridgehead atoms. The van der Waals surface area contributed by atoms with E-state index in [0.717, 1.165) is 33.7 Å². The number of aliphatic hydroxyl groups excluding tert-OH is 1. The van der Waals surface area contributed by atoms with E-state index in [-0.39, 0.29) is 73.4 Å². The number of piperidine rings is 1. The molecule has 18 heteroatoms. The van der Waals surface area contributed by atoms with Crippen LogP contribution in [0.1, 0.15) is 101 Å². The number of nitriles is 1. The Bertz CT molecular complexity index is 2640. The van der Waals surface area contributed by atoms with Gasteiger partial charge < -0.3 is 35.8 Å². The summed E-state index contributed by atoms with van der Waals surface area (Å²) in [5.41, 5.74) is 5.28. The van der Waals surface area contributed by atoms with Gasteiger partial charge in [0.2, 0.25) is 23.6 Å². The molecule has 4 unspecified atom stereocenters. The zero-order valence-corrected chi connectivity index (χ0v) is 40.4. The fourth-order valence-corrected chi connectivity index (χ4v) is 12.0. The summed E-state index contributed by atoms with van der Waals surface area (Å²) in [6.07, 6.45) is 3.07. The molecule has 10 rings (SSSR count). The topological polar surface area (TPSA) is 197 Å². The van der Waals surface area contributed by atoms with Crippen molar-refractivity contribution in [2.24, 2.45) is 29.1 Å². The van der Waals surface area contributed by atoms with Gasteiger partial charge in [0.25, 0.3) is 5.92 Å². The fourth-order valence-electron chi connectivity index (χ4n) is 11.2. The monoisotopic (exact) mass is 962 g/mol. The van der Waals surface area contributed by atoms with Crippen LogP contribution in [0.15, 0.2) is 60.2 Å². The van der Waals surface area contributed by atoms with Gasteiger partial charge in [0.15, 0.2) is 0 Å². The molecular weight excluding hydrogens is 903 g/mol. The van der Waals surface area contributed by atoms with Gasteiger partial charge in [-0.3, -0.25) is 19.2 Å². The highest BCUT2D eigenvalue weighted by Gasteiger charge is 2.59. The number of likely N-dealkylation sites (tertiary alicyclic amines) is 2. The molecule has 3 saturated carbocycles. The molecule has 6 aliphatic rings. The highest BCUT2D eigenvalue weighted by atomic mass is 32.1. The Kier molecular flexibility index (Phi) is 13.2. The summed E-state index contributed by atoms with van der Waals surface area (Å²) in [6.45, 7) is 10.1. The van der Waals surface area contributed by atoms with Crippen LogP contribution in [-0.2, 0) is 19.2 Å². The number of aromatic nitrogens is 3. The number of carbonyl (C=O) groups excluding carboxylic acids is 4. The molecule has 8 atom stereocenters. The van der Waals surface area contributed by atoms with Crippen LogP contribution >= 0.6 is 11.3 Å². The van der Waals surface area contributed by atoms with Crippen LogP contribution in [0.2, 0.25) is 0 Å². The normalized spacial score (nSPS) is 25.1. The van der Waals surface area contributed by atoms with Gasteiger partial charge >= 0.3 is 0 Å². The molecule has 3 aliphatic heterocycles. The Balaban J connectivity index is 0.818. The molecule has 6 fully saturated rings. The van der Waals surface area contributed by atoms with E-state index in [0.29, 0.717) is 55.4 Å². The van der Waals surface area contributed by atoms with Crippen LogP contribution < -0.4 is 20.9 Å². The van der Waals surface area contributed by atoms with E-state index in [1.54, 1.807) is 28.4 Å². The molecule has 3 aromatic heterocycles. The van der Waals surface area contributed by atoms with E-state index in [9.17, 15) is 38.3 Å². The van der Waals surface area contributed by atoms with Crippen molar-refractivity contribution >= 4 is 52.4 Å². The molecule has 3 aliphatic carbocycles. The summed E-state index contributed by atoms with van der Waals surface area (Å²) in [4.78, 5) is 76.1. The Morgan fingerprint density at radius 3 is 2.38 bits per heavy atom. The van der Waals surface area contributed by atoms with Crippen molar-refractivity contribution in [1.82, 2.24) is 35.4 Å². The number of nitrogens with zero attached hydrogens (tertiary/aromatic N) is 7. The number of nitrogens with one attached hydrogen (secondary N) is 3. The first-order valence-electron chi connectivity index (χ1n) is 24.0. The lowest BCUT2D eigenvalue weighted by Crippen LogP contribution is -2.59. The Morgan fingerprint density at radius 2 is 1.71 bits per heavy atom. The van der Waals surface area contributed by atoms with Crippen LogP contribution in [0.5, 0.6) is 0 Å². The average Bonchev–Trinajstić information content (AvgIpc) is 4.17. The Morgan fingerprint density at radius 1 is 0.957 bits per heavy atom. The van der Waals surface area contributed by atoms with Crippen LogP contribution in [-0.4, -0.2) is 110 Å². The lowest BCUT2D eigenvalue weighted by atomic mass is 9.70. The van der Waals surface area contributed by atoms with Crippen molar-refractivity contribution in [1.29, 1.82) is 5.26 Å². The maximum absolute atomic E-state index is 14.5. The molecular formula is C51H60F2N10O5S. The minimum atomic E-state index is -2.82. The van der Waals surface area contributed by atoms with Crippen LogP contribution in [0, 0.1) is 47.3 Å². The first-order chi connectivity index (χ1) is 32.8. The smallest absolute Gasteiger partial charge is 0.266 e. The molecule has 3 saturated heterocycles. The molecule has 6 heterocycles. The summed E-state index contributed by atoms with van der Waals surface area (Å²) >= 11 is 1.57. The first-order valence-corrected chi connectivity index (χ1v) is 24.9. The van der Waals surface area contributed by atoms with Gasteiger partial charge in [-0.25, -0.2) is 23.7 Å². The predicted molar refractivity (Wildman–Crippen MR) is 256 cm³/mol. The maximum Gasteiger partial charge on any atom is 0.266 e. The number of benzene rings is 1. The molecule has 4 N–H and O–H groups in total. The van der Waals surface area contributed by atoms with E-state index in [2.05, 4.69) is 37.0 Å². The van der Waals surface area contributed by atoms with Crippen LogP contribution in [0.4, 0.5) is 26.2 Å². The molecule has 69 heavy (non-hydrogen) atoms. The van der Waals surface area contributed by atoms with Gasteiger partial charge in [0.05, 0.1) is 46.4 Å². The first kappa shape index (κ1) is 48.0. The summed E-state index contributed by atoms with van der Waals surface area (Å²) in [5, 5.41) is 29.5. The van der Waals surface area contributed by atoms with E-state index < -0.39 is 47.9 Å². The van der Waals surface area contributed by atoms with Crippen molar-refractivity contribution < 1.29 is 33.1 Å². The predicted octanol–water partition coefficient (Wildman–Crippen LogP) is 6.72. The number of carbonyl (C=O) groups is 4. The second kappa shape index (κ2) is 19.0. The van der Waals surface area contributed by atoms with Gasteiger partial charge in [0.1, 0.15) is 29.5 Å². The van der Waals surface area contributed by atoms with Gasteiger partial charge in [-0.2, -0.15) is 5.26 Å². The van der Waals surface area contributed by atoms with E-state index in [1.165, 1.54) is 11.1 Å².